The van der Waals surface area contributed by atoms with Crippen molar-refractivity contribution in [1.29, 1.82) is 0 Å². The third-order valence-electron chi connectivity index (χ3n) is 3.54. The molecule has 0 aliphatic heterocycles. The summed E-state index contributed by atoms with van der Waals surface area (Å²) in [6, 6.07) is 6.50. The smallest absolute Gasteiger partial charge is 0.325 e. The van der Waals surface area contributed by atoms with Crippen LogP contribution < -0.4 is 10.6 Å². The highest BCUT2D eigenvalue weighted by atomic mass is 16.4. The fraction of sp³-hybridized carbons (Fsp3) is 0.333. The first-order chi connectivity index (χ1) is 12.2. The Morgan fingerprint density at radius 3 is 2.54 bits per heavy atom. The predicted octanol–water partition coefficient (Wildman–Crippen LogP) is 2.51. The molecule has 2 aromatic rings. The number of hydrogen-bond donors (Lipinski definition) is 3. The average Bonchev–Trinajstić information content (AvgIpc) is 2.94. The Morgan fingerprint density at radius 1 is 1.19 bits per heavy atom. The summed E-state index contributed by atoms with van der Waals surface area (Å²) in [6.07, 6.45) is 1.91. The molecule has 0 saturated heterocycles. The van der Waals surface area contributed by atoms with Crippen molar-refractivity contribution in [2.45, 2.75) is 33.7 Å². The van der Waals surface area contributed by atoms with Gasteiger partial charge in [-0.1, -0.05) is 13.8 Å². The third kappa shape index (κ3) is 5.44. The van der Waals surface area contributed by atoms with Gasteiger partial charge in [0.2, 0.25) is 5.91 Å². The van der Waals surface area contributed by atoms with Crippen LogP contribution in [0.2, 0.25) is 0 Å². The summed E-state index contributed by atoms with van der Waals surface area (Å²) in [5, 5.41) is 18.1. The molecule has 0 radical (unpaired) electrons. The maximum atomic E-state index is 12.3. The number of aliphatic carboxylic acids is 1. The van der Waals surface area contributed by atoms with Gasteiger partial charge < -0.3 is 15.7 Å². The van der Waals surface area contributed by atoms with Crippen molar-refractivity contribution in [2.75, 3.05) is 10.6 Å². The fourth-order valence-electron chi connectivity index (χ4n) is 2.36. The molecule has 1 heterocycles. The summed E-state index contributed by atoms with van der Waals surface area (Å²) in [7, 11) is 0. The van der Waals surface area contributed by atoms with Crippen molar-refractivity contribution in [1.82, 2.24) is 9.78 Å². The molecule has 0 aliphatic carbocycles. The second-order valence-corrected chi connectivity index (χ2v) is 6.42. The minimum absolute atomic E-state index is 0.0655. The van der Waals surface area contributed by atoms with E-state index >= 15 is 0 Å². The number of carboxylic acids is 1. The number of carboxylic acid groups (broad SMARTS) is 1. The van der Waals surface area contributed by atoms with Gasteiger partial charge in [0, 0.05) is 29.9 Å². The summed E-state index contributed by atoms with van der Waals surface area (Å²) < 4.78 is 1.22. The van der Waals surface area contributed by atoms with E-state index in [4.69, 9.17) is 5.11 Å². The first kappa shape index (κ1) is 19.2. The molecular formula is C18H22N4O4. The number of nitrogens with one attached hydrogen (secondary N) is 2. The Kier molecular flexibility index (Phi) is 6.11. The van der Waals surface area contributed by atoms with Gasteiger partial charge in [-0.15, -0.1) is 0 Å². The van der Waals surface area contributed by atoms with Gasteiger partial charge in [-0.3, -0.25) is 19.1 Å². The van der Waals surface area contributed by atoms with E-state index in [1.165, 1.54) is 16.9 Å². The van der Waals surface area contributed by atoms with E-state index in [9.17, 15) is 14.4 Å². The van der Waals surface area contributed by atoms with Gasteiger partial charge in [-0.25, -0.2) is 0 Å². The highest BCUT2D eigenvalue weighted by Gasteiger charge is 2.12. The number of aromatic nitrogens is 2. The number of carbonyl (C=O) groups is 3. The molecule has 8 nitrogen and oxygen atoms in total. The monoisotopic (exact) mass is 358 g/mol. The predicted molar refractivity (Wildman–Crippen MR) is 97.1 cm³/mol. The Morgan fingerprint density at radius 2 is 1.92 bits per heavy atom. The standard InChI is InChI=1S/C18H22N4O4/c1-11(2)8-16(23)19-14-5-4-13(9-12(14)3)18(26)20-15-6-7-22(21-15)10-17(24)25/h4-7,9,11H,8,10H2,1-3H3,(H,19,23)(H,24,25)(H,20,21,26). The maximum Gasteiger partial charge on any atom is 0.325 e. The van der Waals surface area contributed by atoms with E-state index in [0.29, 0.717) is 17.7 Å². The molecule has 2 rings (SSSR count). The van der Waals surface area contributed by atoms with E-state index in [2.05, 4.69) is 15.7 Å². The van der Waals surface area contributed by atoms with Gasteiger partial charge in [-0.2, -0.15) is 5.10 Å². The van der Waals surface area contributed by atoms with E-state index in [-0.39, 0.29) is 30.1 Å². The van der Waals surface area contributed by atoms with E-state index in [1.54, 1.807) is 18.2 Å². The second-order valence-electron chi connectivity index (χ2n) is 6.42. The first-order valence-corrected chi connectivity index (χ1v) is 8.21. The van der Waals surface area contributed by atoms with Crippen LogP contribution in [0.1, 0.15) is 36.2 Å². The lowest BCUT2D eigenvalue weighted by atomic mass is 10.1. The highest BCUT2D eigenvalue weighted by Crippen LogP contribution is 2.18. The quantitative estimate of drug-likeness (QED) is 0.704. The Labute approximate surface area is 151 Å². The van der Waals surface area contributed by atoms with Gasteiger partial charge >= 0.3 is 5.97 Å². The molecule has 1 aromatic heterocycles. The van der Waals surface area contributed by atoms with Crippen molar-refractivity contribution in [3.8, 4) is 0 Å². The summed E-state index contributed by atoms with van der Waals surface area (Å²) in [6.45, 7) is 5.47. The summed E-state index contributed by atoms with van der Waals surface area (Å²) >= 11 is 0. The molecule has 26 heavy (non-hydrogen) atoms. The van der Waals surface area contributed by atoms with Crippen LogP contribution in [0.15, 0.2) is 30.5 Å². The zero-order chi connectivity index (χ0) is 19.3. The van der Waals surface area contributed by atoms with Crippen LogP contribution in [0.4, 0.5) is 11.5 Å². The van der Waals surface area contributed by atoms with Gasteiger partial charge in [0.05, 0.1) is 0 Å². The molecule has 2 amide bonds. The van der Waals surface area contributed by atoms with Crippen molar-refractivity contribution in [3.63, 3.8) is 0 Å². The molecule has 0 aliphatic rings. The van der Waals surface area contributed by atoms with Gasteiger partial charge in [0.15, 0.2) is 5.82 Å². The summed E-state index contributed by atoms with van der Waals surface area (Å²) in [5.41, 5.74) is 1.85. The van der Waals surface area contributed by atoms with Crippen LogP contribution in [-0.2, 0) is 16.1 Å². The number of carbonyl (C=O) groups excluding carboxylic acids is 2. The zero-order valence-corrected chi connectivity index (χ0v) is 14.9. The Hall–Kier alpha value is -3.16. The van der Waals surface area contributed by atoms with E-state index < -0.39 is 5.97 Å². The summed E-state index contributed by atoms with van der Waals surface area (Å²) in [4.78, 5) is 34.8. The zero-order valence-electron chi connectivity index (χ0n) is 14.9. The third-order valence-corrected chi connectivity index (χ3v) is 3.54. The number of hydrogen-bond acceptors (Lipinski definition) is 4. The van der Waals surface area contributed by atoms with E-state index in [1.807, 2.05) is 20.8 Å². The average molecular weight is 358 g/mol. The molecular weight excluding hydrogens is 336 g/mol. The minimum Gasteiger partial charge on any atom is -0.480 e. The first-order valence-electron chi connectivity index (χ1n) is 8.21. The van der Waals surface area contributed by atoms with Crippen molar-refractivity contribution >= 4 is 29.3 Å². The molecule has 0 saturated carbocycles. The van der Waals surface area contributed by atoms with Crippen molar-refractivity contribution < 1.29 is 19.5 Å². The van der Waals surface area contributed by atoms with Crippen LogP contribution in [-0.4, -0.2) is 32.7 Å². The summed E-state index contributed by atoms with van der Waals surface area (Å²) in [5.74, 6) is -0.917. The number of rotatable bonds is 7. The lowest BCUT2D eigenvalue weighted by Gasteiger charge is -2.11. The van der Waals surface area contributed by atoms with Crippen LogP contribution in [0.3, 0.4) is 0 Å². The number of nitrogens with zero attached hydrogens (tertiary/aromatic N) is 2. The number of anilines is 2. The SMILES string of the molecule is Cc1cc(C(=O)Nc2ccn(CC(=O)O)n2)ccc1NC(=O)CC(C)C. The molecule has 138 valence electrons. The van der Waals surface area contributed by atoms with Crippen molar-refractivity contribution in [3.05, 3.63) is 41.6 Å². The maximum absolute atomic E-state index is 12.3. The number of amides is 2. The van der Waals surface area contributed by atoms with E-state index in [0.717, 1.165) is 5.56 Å². The Balaban J connectivity index is 2.03. The van der Waals surface area contributed by atoms with Crippen LogP contribution >= 0.6 is 0 Å². The lowest BCUT2D eigenvalue weighted by molar-refractivity contribution is -0.137. The molecule has 0 spiro atoms. The molecule has 0 unspecified atom stereocenters. The molecule has 1 aromatic carbocycles. The van der Waals surface area contributed by atoms with Gasteiger partial charge in [0.25, 0.3) is 5.91 Å². The fourth-order valence-corrected chi connectivity index (χ4v) is 2.36. The highest BCUT2D eigenvalue weighted by molar-refractivity contribution is 6.04. The molecule has 8 heteroatoms. The van der Waals surface area contributed by atoms with Crippen LogP contribution in [0, 0.1) is 12.8 Å². The van der Waals surface area contributed by atoms with Crippen molar-refractivity contribution in [2.24, 2.45) is 5.92 Å². The second kappa shape index (κ2) is 8.28. The Bertz CT molecular complexity index is 826. The molecule has 0 atom stereocenters. The lowest BCUT2D eigenvalue weighted by Crippen LogP contribution is -2.16. The molecule has 0 fully saturated rings. The normalized spacial score (nSPS) is 10.6. The van der Waals surface area contributed by atoms with Crippen LogP contribution in [0.5, 0.6) is 0 Å². The molecule has 0 bridgehead atoms. The largest absolute Gasteiger partial charge is 0.480 e. The number of benzene rings is 1. The van der Waals surface area contributed by atoms with Gasteiger partial charge in [0.1, 0.15) is 6.54 Å². The minimum atomic E-state index is -1.02. The van der Waals surface area contributed by atoms with Crippen LogP contribution in [0.25, 0.3) is 0 Å². The molecule has 3 N–H and O–H groups in total. The topological polar surface area (TPSA) is 113 Å². The number of aryl methyl sites for hydroxylation is 1. The van der Waals surface area contributed by atoms with Gasteiger partial charge in [-0.05, 0) is 36.6 Å².